The number of benzene rings is 2. The molecule has 0 radical (unpaired) electrons. The number of rotatable bonds is 6. The lowest BCUT2D eigenvalue weighted by molar-refractivity contribution is -0.115. The summed E-state index contributed by atoms with van der Waals surface area (Å²) in [5.41, 5.74) is 0.684. The molecule has 9 nitrogen and oxygen atoms in total. The van der Waals surface area contributed by atoms with E-state index in [0.717, 1.165) is 0 Å². The molecule has 1 heterocycles. The van der Waals surface area contributed by atoms with E-state index in [1.807, 2.05) is 0 Å². The molecular weight excluding hydrogens is 398 g/mol. The topological polar surface area (TPSA) is 134 Å². The molecule has 1 aliphatic rings. The number of nitrogens with zero attached hydrogens (tertiary/aromatic N) is 2. The van der Waals surface area contributed by atoms with E-state index >= 15 is 0 Å². The van der Waals surface area contributed by atoms with Crippen LogP contribution in [0, 0.1) is 11.3 Å². The maximum absolute atomic E-state index is 12.4. The van der Waals surface area contributed by atoms with Crippen molar-refractivity contribution in [3.05, 3.63) is 59.7 Å². The smallest absolute Gasteiger partial charge is 0.338 e. The highest BCUT2D eigenvalue weighted by atomic mass is 32.2. The van der Waals surface area contributed by atoms with Gasteiger partial charge in [-0.25, -0.2) is 17.5 Å². The second-order valence-corrected chi connectivity index (χ2v) is 7.81. The van der Waals surface area contributed by atoms with Crippen molar-refractivity contribution in [2.45, 2.75) is 11.3 Å². The van der Waals surface area contributed by atoms with E-state index in [1.165, 1.54) is 42.5 Å². The normalized spacial score (nSPS) is 14.0. The fraction of sp³-hybridized carbons (Fsp3) is 0.158. The van der Waals surface area contributed by atoms with Gasteiger partial charge in [0.25, 0.3) is 15.9 Å². The molecule has 10 heteroatoms. The molecule has 29 heavy (non-hydrogen) atoms. The number of sulfonamides is 1. The predicted molar refractivity (Wildman–Crippen MR) is 100 cm³/mol. The molecule has 2 aromatic carbocycles. The number of carbonyl (C=O) groups excluding carboxylic acids is 3. The molecule has 0 aromatic heterocycles. The Bertz CT molecular complexity index is 1120. The number of amides is 2. The van der Waals surface area contributed by atoms with Gasteiger partial charge in [-0.15, -0.1) is 0 Å². The van der Waals surface area contributed by atoms with Crippen LogP contribution in [0.5, 0.6) is 0 Å². The van der Waals surface area contributed by atoms with Crippen LogP contribution < -0.4 is 5.32 Å². The van der Waals surface area contributed by atoms with Crippen LogP contribution in [0.1, 0.15) is 27.1 Å². The van der Waals surface area contributed by atoms with E-state index < -0.39 is 27.8 Å². The first kappa shape index (κ1) is 20.0. The summed E-state index contributed by atoms with van der Waals surface area (Å²) in [6, 6.07) is 13.4. The number of fused-ring (bicyclic) bond motifs is 1. The third-order valence-electron chi connectivity index (χ3n) is 4.08. The first-order valence-electron chi connectivity index (χ1n) is 8.44. The standard InChI is InChI=1S/C19H15N3O6S/c20-10-9-17(23)21-14-7-5-13(6-8-14)19(25)28-12-11-22-18(24)15-3-1-2-4-16(15)29(22,26)27/h1-8H,9,11-12H2,(H,21,23). The lowest BCUT2D eigenvalue weighted by Gasteiger charge is -2.15. The number of carbonyl (C=O) groups is 3. The summed E-state index contributed by atoms with van der Waals surface area (Å²) in [6.07, 6.45) is -0.286. The number of ether oxygens (including phenoxy) is 1. The van der Waals surface area contributed by atoms with Crippen molar-refractivity contribution in [1.82, 2.24) is 4.31 Å². The summed E-state index contributed by atoms with van der Waals surface area (Å²) in [5.74, 6) is -1.84. The van der Waals surface area contributed by atoms with Crippen LogP contribution in [-0.2, 0) is 19.6 Å². The number of nitriles is 1. The summed E-state index contributed by atoms with van der Waals surface area (Å²) in [7, 11) is -3.95. The lowest BCUT2D eigenvalue weighted by Crippen LogP contribution is -2.33. The minimum Gasteiger partial charge on any atom is -0.460 e. The van der Waals surface area contributed by atoms with Crippen LogP contribution in [0.4, 0.5) is 5.69 Å². The SMILES string of the molecule is N#CCC(=O)Nc1ccc(C(=O)OCCN2C(=O)c3ccccc3S2(=O)=O)cc1. The molecule has 0 saturated carbocycles. The molecule has 0 aliphatic carbocycles. The summed E-state index contributed by atoms with van der Waals surface area (Å²) in [6.45, 7) is -0.609. The van der Waals surface area contributed by atoms with E-state index in [4.69, 9.17) is 10.00 Å². The Hall–Kier alpha value is -3.71. The molecule has 3 rings (SSSR count). The molecule has 2 aromatic rings. The number of esters is 1. The molecule has 148 valence electrons. The third kappa shape index (κ3) is 4.09. The van der Waals surface area contributed by atoms with Gasteiger partial charge in [0.1, 0.15) is 17.9 Å². The summed E-state index contributed by atoms with van der Waals surface area (Å²) < 4.78 is 30.6. The van der Waals surface area contributed by atoms with Gasteiger partial charge >= 0.3 is 5.97 Å². The Balaban J connectivity index is 1.57. The fourth-order valence-electron chi connectivity index (χ4n) is 2.72. The highest BCUT2D eigenvalue weighted by molar-refractivity contribution is 7.90. The van der Waals surface area contributed by atoms with Crippen LogP contribution in [0.3, 0.4) is 0 Å². The molecule has 2 amide bonds. The van der Waals surface area contributed by atoms with E-state index in [-0.39, 0.29) is 35.6 Å². The molecule has 1 N–H and O–H groups in total. The first-order chi connectivity index (χ1) is 13.8. The zero-order chi connectivity index (χ0) is 21.0. The Labute approximate surface area is 166 Å². The van der Waals surface area contributed by atoms with E-state index in [0.29, 0.717) is 9.99 Å². The monoisotopic (exact) mass is 413 g/mol. The van der Waals surface area contributed by atoms with Crippen LogP contribution >= 0.6 is 0 Å². The Morgan fingerprint density at radius 1 is 1.10 bits per heavy atom. The largest absolute Gasteiger partial charge is 0.460 e. The highest BCUT2D eigenvalue weighted by Crippen LogP contribution is 2.29. The van der Waals surface area contributed by atoms with Crippen molar-refractivity contribution < 1.29 is 27.5 Å². The van der Waals surface area contributed by atoms with Gasteiger partial charge in [0, 0.05) is 5.69 Å². The highest BCUT2D eigenvalue weighted by Gasteiger charge is 2.40. The van der Waals surface area contributed by atoms with Gasteiger partial charge in [-0.1, -0.05) is 12.1 Å². The van der Waals surface area contributed by atoms with Gasteiger partial charge in [-0.05, 0) is 36.4 Å². The van der Waals surface area contributed by atoms with Gasteiger partial charge in [0.05, 0.1) is 23.7 Å². The van der Waals surface area contributed by atoms with Gasteiger partial charge in [-0.3, -0.25) is 9.59 Å². The Kier molecular flexibility index (Phi) is 5.61. The van der Waals surface area contributed by atoms with Crippen molar-refractivity contribution in [3.63, 3.8) is 0 Å². The molecular formula is C19H15N3O6S. The number of hydrogen-bond acceptors (Lipinski definition) is 7. The minimum absolute atomic E-state index is 0.0645. The van der Waals surface area contributed by atoms with Crippen LogP contribution in [0.2, 0.25) is 0 Å². The summed E-state index contributed by atoms with van der Waals surface area (Å²) in [4.78, 5) is 35.7. The van der Waals surface area contributed by atoms with E-state index in [9.17, 15) is 22.8 Å². The number of hydrogen-bond donors (Lipinski definition) is 1. The fourth-order valence-corrected chi connectivity index (χ4v) is 4.28. The number of nitrogens with one attached hydrogen (secondary N) is 1. The van der Waals surface area contributed by atoms with Crippen molar-refractivity contribution in [2.75, 3.05) is 18.5 Å². The van der Waals surface area contributed by atoms with Crippen molar-refractivity contribution in [2.24, 2.45) is 0 Å². The van der Waals surface area contributed by atoms with E-state index in [2.05, 4.69) is 5.32 Å². The predicted octanol–water partition coefficient (Wildman–Crippen LogP) is 1.54. The van der Waals surface area contributed by atoms with Gasteiger partial charge in [0.2, 0.25) is 5.91 Å². The van der Waals surface area contributed by atoms with Crippen molar-refractivity contribution in [3.8, 4) is 6.07 Å². The zero-order valence-corrected chi connectivity index (χ0v) is 15.8. The minimum atomic E-state index is -3.95. The van der Waals surface area contributed by atoms with Crippen LogP contribution in [-0.4, -0.2) is 43.7 Å². The average Bonchev–Trinajstić information content (AvgIpc) is 2.89. The maximum Gasteiger partial charge on any atom is 0.338 e. The van der Waals surface area contributed by atoms with Crippen molar-refractivity contribution >= 4 is 33.5 Å². The molecule has 0 saturated heterocycles. The zero-order valence-electron chi connectivity index (χ0n) is 15.0. The third-order valence-corrected chi connectivity index (χ3v) is 5.92. The maximum atomic E-state index is 12.4. The lowest BCUT2D eigenvalue weighted by atomic mass is 10.2. The molecule has 0 fully saturated rings. The van der Waals surface area contributed by atoms with Gasteiger partial charge in [-0.2, -0.15) is 5.26 Å². The van der Waals surface area contributed by atoms with Crippen molar-refractivity contribution in [1.29, 1.82) is 5.26 Å². The van der Waals surface area contributed by atoms with Crippen LogP contribution in [0.15, 0.2) is 53.4 Å². The Morgan fingerprint density at radius 3 is 2.45 bits per heavy atom. The Morgan fingerprint density at radius 2 is 1.79 bits per heavy atom. The molecule has 0 spiro atoms. The summed E-state index contributed by atoms with van der Waals surface area (Å²) >= 11 is 0. The summed E-state index contributed by atoms with van der Waals surface area (Å²) in [5, 5.41) is 10.9. The molecule has 1 aliphatic heterocycles. The van der Waals surface area contributed by atoms with Crippen LogP contribution in [0.25, 0.3) is 0 Å². The average molecular weight is 413 g/mol. The quantitative estimate of drug-likeness (QED) is 0.710. The van der Waals surface area contributed by atoms with Gasteiger partial charge < -0.3 is 10.1 Å². The second-order valence-electron chi connectivity index (χ2n) is 5.97. The molecule has 0 atom stereocenters. The second kappa shape index (κ2) is 8.12. The first-order valence-corrected chi connectivity index (χ1v) is 9.88. The number of anilines is 1. The molecule has 0 unspecified atom stereocenters. The molecule has 0 bridgehead atoms. The van der Waals surface area contributed by atoms with E-state index in [1.54, 1.807) is 12.1 Å². The van der Waals surface area contributed by atoms with Gasteiger partial charge in [0.15, 0.2) is 0 Å².